The van der Waals surface area contributed by atoms with Gasteiger partial charge in [-0.25, -0.2) is 0 Å². The van der Waals surface area contributed by atoms with Crippen molar-refractivity contribution in [3.05, 3.63) is 58.1 Å². The van der Waals surface area contributed by atoms with E-state index in [4.69, 9.17) is 18.6 Å². The molecule has 8 heteroatoms. The number of hydrogen-bond donors (Lipinski definition) is 1. The maximum Gasteiger partial charge on any atom is 0.258 e. The van der Waals surface area contributed by atoms with Crippen LogP contribution in [0.4, 0.5) is 0 Å². The molecule has 28 heavy (non-hydrogen) atoms. The Bertz CT molecular complexity index is 827. The third kappa shape index (κ3) is 5.83. The smallest absolute Gasteiger partial charge is 0.258 e. The fourth-order valence-corrected chi connectivity index (χ4v) is 2.74. The van der Waals surface area contributed by atoms with E-state index in [1.807, 2.05) is 24.3 Å². The van der Waals surface area contributed by atoms with Gasteiger partial charge in [0.2, 0.25) is 11.2 Å². The number of hydrogen-bond acceptors (Lipinski definition) is 7. The first-order chi connectivity index (χ1) is 13.6. The maximum atomic E-state index is 12.2. The number of amides is 1. The molecule has 1 N–H and O–H groups in total. The number of nitrogens with zero attached hydrogens (tertiary/aromatic N) is 1. The van der Waals surface area contributed by atoms with Crippen molar-refractivity contribution < 1.29 is 23.4 Å². The minimum absolute atomic E-state index is 0.0188. The molecule has 1 aromatic heterocycles. The number of nitrogens with one attached hydrogen (secondary N) is 1. The summed E-state index contributed by atoms with van der Waals surface area (Å²) in [5.41, 5.74) is 0.624. The van der Waals surface area contributed by atoms with Gasteiger partial charge in [0, 0.05) is 25.7 Å². The average Bonchev–Trinajstić information content (AvgIpc) is 2.73. The lowest BCUT2D eigenvalue weighted by atomic mass is 10.2. The summed E-state index contributed by atoms with van der Waals surface area (Å²) >= 11 is 0. The molecule has 1 saturated heterocycles. The molecule has 150 valence electrons. The van der Waals surface area contributed by atoms with Crippen LogP contribution in [0.1, 0.15) is 11.3 Å². The van der Waals surface area contributed by atoms with Gasteiger partial charge in [-0.15, -0.1) is 0 Å². The van der Waals surface area contributed by atoms with Crippen LogP contribution in [0.3, 0.4) is 0 Å². The quantitative estimate of drug-likeness (QED) is 0.726. The minimum atomic E-state index is -0.326. The summed E-state index contributed by atoms with van der Waals surface area (Å²) in [7, 11) is 1.60. The Kier molecular flexibility index (Phi) is 7.05. The molecule has 3 rings (SSSR count). The lowest BCUT2D eigenvalue weighted by Gasteiger charge is -2.25. The second kappa shape index (κ2) is 9.91. The van der Waals surface area contributed by atoms with Crippen LogP contribution in [0.15, 0.2) is 45.8 Å². The zero-order valence-electron chi connectivity index (χ0n) is 15.8. The molecule has 0 radical (unpaired) electrons. The van der Waals surface area contributed by atoms with Gasteiger partial charge in [-0.3, -0.25) is 14.5 Å². The number of carbonyl (C=O) groups excluding carboxylic acids is 1. The second-order valence-electron chi connectivity index (χ2n) is 6.38. The fraction of sp³-hybridized carbons (Fsp3) is 0.400. The number of ether oxygens (including phenoxy) is 3. The third-order valence-electron chi connectivity index (χ3n) is 4.34. The van der Waals surface area contributed by atoms with Gasteiger partial charge < -0.3 is 23.9 Å². The van der Waals surface area contributed by atoms with Gasteiger partial charge >= 0.3 is 0 Å². The van der Waals surface area contributed by atoms with Gasteiger partial charge in [-0.1, -0.05) is 12.1 Å². The fourth-order valence-electron chi connectivity index (χ4n) is 2.74. The molecule has 2 aromatic rings. The molecule has 0 atom stereocenters. The SMILES string of the molecule is COc1ccc(CNC(=O)COc2coc(CN3CCOCC3)cc2=O)cc1. The molecule has 1 fully saturated rings. The highest BCUT2D eigenvalue weighted by atomic mass is 16.5. The standard InChI is InChI=1S/C20H24N2O6/c1-25-16-4-2-15(3-5-16)11-21-20(24)14-28-19-13-27-17(10-18(19)23)12-22-6-8-26-9-7-22/h2-5,10,13H,6-9,11-12,14H2,1H3,(H,21,24). The van der Waals surface area contributed by atoms with Crippen molar-refractivity contribution in [2.24, 2.45) is 0 Å². The molecule has 0 bridgehead atoms. The third-order valence-corrected chi connectivity index (χ3v) is 4.34. The second-order valence-corrected chi connectivity index (χ2v) is 6.38. The molecule has 0 aliphatic carbocycles. The van der Waals surface area contributed by atoms with Gasteiger partial charge in [-0.05, 0) is 17.7 Å². The summed E-state index contributed by atoms with van der Waals surface area (Å²) in [5, 5.41) is 2.74. The van der Waals surface area contributed by atoms with E-state index in [1.54, 1.807) is 7.11 Å². The van der Waals surface area contributed by atoms with Crippen molar-refractivity contribution in [1.29, 1.82) is 0 Å². The predicted octanol–water partition coefficient (Wildman–Crippen LogP) is 1.18. The highest BCUT2D eigenvalue weighted by molar-refractivity contribution is 5.77. The monoisotopic (exact) mass is 388 g/mol. The average molecular weight is 388 g/mol. The largest absolute Gasteiger partial charge is 0.497 e. The van der Waals surface area contributed by atoms with E-state index in [2.05, 4.69) is 10.2 Å². The number of morpholine rings is 1. The lowest BCUT2D eigenvalue weighted by molar-refractivity contribution is -0.123. The molecular formula is C20H24N2O6. The normalized spacial score (nSPS) is 14.5. The summed E-state index contributed by atoms with van der Waals surface area (Å²) in [4.78, 5) is 26.3. The van der Waals surface area contributed by atoms with Crippen LogP contribution in [0.2, 0.25) is 0 Å². The van der Waals surface area contributed by atoms with Gasteiger partial charge in [0.05, 0.1) is 26.9 Å². The van der Waals surface area contributed by atoms with Crippen LogP contribution in [-0.4, -0.2) is 50.8 Å². The number of rotatable bonds is 8. The lowest BCUT2D eigenvalue weighted by Crippen LogP contribution is -2.35. The van der Waals surface area contributed by atoms with E-state index >= 15 is 0 Å². The van der Waals surface area contributed by atoms with Crippen LogP contribution >= 0.6 is 0 Å². The summed E-state index contributed by atoms with van der Waals surface area (Å²) in [6.07, 6.45) is 1.26. The molecule has 1 amide bonds. The molecule has 0 spiro atoms. The summed E-state index contributed by atoms with van der Waals surface area (Å²) in [6, 6.07) is 8.77. The first kappa shape index (κ1) is 19.9. The predicted molar refractivity (Wildman–Crippen MR) is 101 cm³/mol. The summed E-state index contributed by atoms with van der Waals surface area (Å²) in [6.45, 7) is 3.60. The van der Waals surface area contributed by atoms with E-state index < -0.39 is 0 Å². The molecule has 1 aliphatic heterocycles. The van der Waals surface area contributed by atoms with Crippen molar-refractivity contribution >= 4 is 5.91 Å². The van der Waals surface area contributed by atoms with E-state index in [9.17, 15) is 9.59 Å². The van der Waals surface area contributed by atoms with E-state index in [-0.39, 0.29) is 23.7 Å². The Morgan fingerprint density at radius 2 is 1.96 bits per heavy atom. The highest BCUT2D eigenvalue weighted by Crippen LogP contribution is 2.11. The van der Waals surface area contributed by atoms with Crippen molar-refractivity contribution in [3.63, 3.8) is 0 Å². The molecule has 0 saturated carbocycles. The summed E-state index contributed by atoms with van der Waals surface area (Å²) in [5.74, 6) is 1.00. The van der Waals surface area contributed by atoms with Crippen molar-refractivity contribution in [2.45, 2.75) is 13.1 Å². The van der Waals surface area contributed by atoms with E-state index in [0.717, 1.165) is 24.4 Å². The van der Waals surface area contributed by atoms with Crippen LogP contribution in [0, 0.1) is 0 Å². The molecule has 0 unspecified atom stereocenters. The maximum absolute atomic E-state index is 12.2. The molecule has 8 nitrogen and oxygen atoms in total. The Hall–Kier alpha value is -2.84. The Labute approximate surface area is 163 Å². The van der Waals surface area contributed by atoms with Gasteiger partial charge in [0.15, 0.2) is 6.61 Å². The Balaban J connectivity index is 1.45. The highest BCUT2D eigenvalue weighted by Gasteiger charge is 2.14. The van der Waals surface area contributed by atoms with Crippen LogP contribution in [-0.2, 0) is 22.6 Å². The van der Waals surface area contributed by atoms with Crippen molar-refractivity contribution in [2.75, 3.05) is 40.0 Å². The van der Waals surface area contributed by atoms with E-state index in [1.165, 1.54) is 12.3 Å². The first-order valence-electron chi connectivity index (χ1n) is 9.08. The van der Waals surface area contributed by atoms with Crippen LogP contribution in [0.25, 0.3) is 0 Å². The Morgan fingerprint density at radius 1 is 1.21 bits per heavy atom. The number of carbonyl (C=O) groups is 1. The summed E-state index contributed by atoms with van der Waals surface area (Å²) < 4.78 is 21.2. The number of benzene rings is 1. The minimum Gasteiger partial charge on any atom is -0.497 e. The van der Waals surface area contributed by atoms with Gasteiger partial charge in [0.1, 0.15) is 17.8 Å². The van der Waals surface area contributed by atoms with Crippen LogP contribution < -0.4 is 20.2 Å². The van der Waals surface area contributed by atoms with E-state index in [0.29, 0.717) is 32.1 Å². The molecule has 1 aliphatic rings. The van der Waals surface area contributed by atoms with Gasteiger partial charge in [0.25, 0.3) is 5.91 Å². The van der Waals surface area contributed by atoms with Crippen LogP contribution in [0.5, 0.6) is 11.5 Å². The molecule has 1 aromatic carbocycles. The molecular weight excluding hydrogens is 364 g/mol. The zero-order valence-corrected chi connectivity index (χ0v) is 15.8. The Morgan fingerprint density at radius 3 is 2.64 bits per heavy atom. The number of methoxy groups -OCH3 is 1. The molecule has 2 heterocycles. The van der Waals surface area contributed by atoms with Crippen molar-refractivity contribution in [3.8, 4) is 11.5 Å². The van der Waals surface area contributed by atoms with Gasteiger partial charge in [-0.2, -0.15) is 0 Å². The first-order valence-corrected chi connectivity index (χ1v) is 9.08. The van der Waals surface area contributed by atoms with Crippen molar-refractivity contribution in [1.82, 2.24) is 10.2 Å². The topological polar surface area (TPSA) is 90.2 Å². The zero-order chi connectivity index (χ0) is 19.8.